The second-order valence-electron chi connectivity index (χ2n) is 6.21. The average Bonchev–Trinajstić information content (AvgIpc) is 3.15. The van der Waals surface area contributed by atoms with Crippen molar-refractivity contribution < 1.29 is 9.53 Å². The molecule has 2 amide bonds. The highest BCUT2D eigenvalue weighted by Gasteiger charge is 2.15. The Morgan fingerprint density at radius 3 is 2.64 bits per heavy atom. The van der Waals surface area contributed by atoms with Gasteiger partial charge in [-0.15, -0.1) is 11.8 Å². The van der Waals surface area contributed by atoms with Crippen molar-refractivity contribution in [3.8, 4) is 5.75 Å². The first-order valence-electron chi connectivity index (χ1n) is 8.67. The summed E-state index contributed by atoms with van der Waals surface area (Å²) in [5.74, 6) is 0.787. The standard InChI is InChI=1S/C20H24N2O2S/c1-24-17-6-4-5-15(13-17)14-21-20(23)22-16-9-11-19(12-10-16)25-18-7-2-3-8-18/h4-6,9-13,18H,2-3,7-8,14H2,1H3,(H2,21,22,23). The summed E-state index contributed by atoms with van der Waals surface area (Å²) in [5.41, 5.74) is 1.80. The van der Waals surface area contributed by atoms with Crippen molar-refractivity contribution in [1.29, 1.82) is 0 Å². The molecule has 1 aliphatic rings. The second kappa shape index (κ2) is 8.81. The van der Waals surface area contributed by atoms with E-state index in [0.29, 0.717) is 6.54 Å². The summed E-state index contributed by atoms with van der Waals surface area (Å²) in [6.45, 7) is 0.457. The van der Waals surface area contributed by atoms with Gasteiger partial charge < -0.3 is 15.4 Å². The molecule has 4 nitrogen and oxygen atoms in total. The van der Waals surface area contributed by atoms with E-state index in [1.54, 1.807) is 7.11 Å². The van der Waals surface area contributed by atoms with Crippen LogP contribution in [0.15, 0.2) is 53.4 Å². The van der Waals surface area contributed by atoms with Crippen LogP contribution in [0.4, 0.5) is 10.5 Å². The predicted molar refractivity (Wildman–Crippen MR) is 103 cm³/mol. The van der Waals surface area contributed by atoms with Crippen LogP contribution >= 0.6 is 11.8 Å². The molecular weight excluding hydrogens is 332 g/mol. The molecule has 5 heteroatoms. The van der Waals surface area contributed by atoms with Crippen molar-refractivity contribution in [2.24, 2.45) is 0 Å². The molecule has 3 rings (SSSR count). The Bertz CT molecular complexity index is 697. The first-order valence-corrected chi connectivity index (χ1v) is 9.55. The molecule has 0 spiro atoms. The van der Waals surface area contributed by atoms with Gasteiger partial charge in [-0.1, -0.05) is 25.0 Å². The number of carbonyl (C=O) groups excluding carboxylic acids is 1. The van der Waals surface area contributed by atoms with Gasteiger partial charge in [-0.3, -0.25) is 0 Å². The van der Waals surface area contributed by atoms with Gasteiger partial charge in [0, 0.05) is 22.4 Å². The molecule has 1 saturated carbocycles. The molecule has 0 heterocycles. The van der Waals surface area contributed by atoms with Crippen molar-refractivity contribution in [2.45, 2.75) is 42.4 Å². The Labute approximate surface area is 153 Å². The van der Waals surface area contributed by atoms with Crippen molar-refractivity contribution in [2.75, 3.05) is 12.4 Å². The highest BCUT2D eigenvalue weighted by molar-refractivity contribution is 8.00. The monoisotopic (exact) mass is 356 g/mol. The molecule has 0 atom stereocenters. The van der Waals surface area contributed by atoms with Gasteiger partial charge in [-0.25, -0.2) is 4.79 Å². The third kappa shape index (κ3) is 5.43. The molecule has 0 unspecified atom stereocenters. The fraction of sp³-hybridized carbons (Fsp3) is 0.350. The molecule has 0 radical (unpaired) electrons. The summed E-state index contributed by atoms with van der Waals surface area (Å²) in [5, 5.41) is 6.49. The van der Waals surface area contributed by atoms with Gasteiger partial charge in [0.15, 0.2) is 0 Å². The van der Waals surface area contributed by atoms with E-state index in [1.807, 2.05) is 48.2 Å². The van der Waals surface area contributed by atoms with E-state index in [2.05, 4.69) is 22.8 Å². The summed E-state index contributed by atoms with van der Waals surface area (Å²) in [6, 6.07) is 15.5. The van der Waals surface area contributed by atoms with Crippen LogP contribution < -0.4 is 15.4 Å². The highest BCUT2D eigenvalue weighted by atomic mass is 32.2. The van der Waals surface area contributed by atoms with Gasteiger partial charge in [0.05, 0.1) is 7.11 Å². The number of hydrogen-bond acceptors (Lipinski definition) is 3. The molecule has 0 saturated heterocycles. The number of anilines is 1. The number of benzene rings is 2. The Morgan fingerprint density at radius 2 is 1.92 bits per heavy atom. The Morgan fingerprint density at radius 1 is 1.16 bits per heavy atom. The molecule has 1 fully saturated rings. The van der Waals surface area contributed by atoms with Crippen LogP contribution in [0, 0.1) is 0 Å². The topological polar surface area (TPSA) is 50.4 Å². The fourth-order valence-corrected chi connectivity index (χ4v) is 4.20. The average molecular weight is 356 g/mol. The lowest BCUT2D eigenvalue weighted by Crippen LogP contribution is -2.28. The molecule has 0 aromatic heterocycles. The second-order valence-corrected chi connectivity index (χ2v) is 7.58. The number of nitrogens with one attached hydrogen (secondary N) is 2. The lowest BCUT2D eigenvalue weighted by Gasteiger charge is -2.11. The zero-order valence-corrected chi connectivity index (χ0v) is 15.3. The third-order valence-electron chi connectivity index (χ3n) is 4.30. The predicted octanol–water partition coefficient (Wildman–Crippen LogP) is 5.05. The minimum atomic E-state index is -0.209. The third-order valence-corrected chi connectivity index (χ3v) is 5.65. The Hall–Kier alpha value is -2.14. The number of amides is 2. The van der Waals surface area contributed by atoms with Gasteiger partial charge in [-0.05, 0) is 54.8 Å². The number of urea groups is 1. The van der Waals surface area contributed by atoms with Gasteiger partial charge in [-0.2, -0.15) is 0 Å². The van der Waals surface area contributed by atoms with Crippen molar-refractivity contribution in [3.63, 3.8) is 0 Å². The van der Waals surface area contributed by atoms with E-state index in [9.17, 15) is 4.79 Å². The summed E-state index contributed by atoms with van der Waals surface area (Å²) in [6.07, 6.45) is 5.34. The van der Waals surface area contributed by atoms with E-state index in [1.165, 1.54) is 30.6 Å². The fourth-order valence-electron chi connectivity index (χ4n) is 2.96. The Balaban J connectivity index is 1.47. The highest BCUT2D eigenvalue weighted by Crippen LogP contribution is 2.34. The maximum Gasteiger partial charge on any atom is 0.319 e. The van der Waals surface area contributed by atoms with Crippen LogP contribution in [0.3, 0.4) is 0 Å². The van der Waals surface area contributed by atoms with Crippen LogP contribution in [0.5, 0.6) is 5.75 Å². The zero-order valence-electron chi connectivity index (χ0n) is 14.5. The van der Waals surface area contributed by atoms with Crippen molar-refractivity contribution >= 4 is 23.5 Å². The van der Waals surface area contributed by atoms with Crippen LogP contribution in [0.1, 0.15) is 31.2 Å². The first-order chi connectivity index (χ1) is 12.2. The lowest BCUT2D eigenvalue weighted by molar-refractivity contribution is 0.251. The molecule has 1 aliphatic carbocycles. The molecule has 2 aromatic rings. The summed E-state index contributed by atoms with van der Waals surface area (Å²) < 4.78 is 5.19. The van der Waals surface area contributed by atoms with E-state index in [-0.39, 0.29) is 6.03 Å². The van der Waals surface area contributed by atoms with E-state index in [0.717, 1.165) is 22.3 Å². The Kier molecular flexibility index (Phi) is 6.23. The number of thioether (sulfide) groups is 1. The van der Waals surface area contributed by atoms with E-state index in [4.69, 9.17) is 4.74 Å². The molecule has 0 bridgehead atoms. The molecule has 25 heavy (non-hydrogen) atoms. The summed E-state index contributed by atoms with van der Waals surface area (Å²) in [4.78, 5) is 13.3. The molecule has 2 N–H and O–H groups in total. The van der Waals surface area contributed by atoms with Crippen molar-refractivity contribution in [1.82, 2.24) is 5.32 Å². The SMILES string of the molecule is COc1cccc(CNC(=O)Nc2ccc(SC3CCCC3)cc2)c1. The molecular formula is C20H24N2O2S. The maximum atomic E-state index is 12.0. The van der Waals surface area contributed by atoms with Gasteiger partial charge in [0.1, 0.15) is 5.75 Å². The number of rotatable bonds is 6. The lowest BCUT2D eigenvalue weighted by atomic mass is 10.2. The van der Waals surface area contributed by atoms with Crippen LogP contribution in [0.2, 0.25) is 0 Å². The number of methoxy groups -OCH3 is 1. The van der Waals surface area contributed by atoms with Crippen LogP contribution in [0.25, 0.3) is 0 Å². The quantitative estimate of drug-likeness (QED) is 0.761. The summed E-state index contributed by atoms with van der Waals surface area (Å²) >= 11 is 1.95. The number of carbonyl (C=O) groups is 1. The van der Waals surface area contributed by atoms with Crippen LogP contribution in [-0.4, -0.2) is 18.4 Å². The van der Waals surface area contributed by atoms with E-state index >= 15 is 0 Å². The number of ether oxygens (including phenoxy) is 1. The normalized spacial score (nSPS) is 14.3. The molecule has 2 aromatic carbocycles. The van der Waals surface area contributed by atoms with Gasteiger partial charge >= 0.3 is 6.03 Å². The number of hydrogen-bond donors (Lipinski definition) is 2. The minimum absolute atomic E-state index is 0.209. The van der Waals surface area contributed by atoms with Crippen LogP contribution in [-0.2, 0) is 6.54 Å². The minimum Gasteiger partial charge on any atom is -0.497 e. The molecule has 0 aliphatic heterocycles. The smallest absolute Gasteiger partial charge is 0.319 e. The largest absolute Gasteiger partial charge is 0.497 e. The van der Waals surface area contributed by atoms with E-state index < -0.39 is 0 Å². The van der Waals surface area contributed by atoms with Crippen molar-refractivity contribution in [3.05, 3.63) is 54.1 Å². The first kappa shape index (κ1) is 17.7. The maximum absolute atomic E-state index is 12.0. The van der Waals surface area contributed by atoms with Gasteiger partial charge in [0.25, 0.3) is 0 Å². The summed E-state index contributed by atoms with van der Waals surface area (Å²) in [7, 11) is 1.63. The molecule has 132 valence electrons. The van der Waals surface area contributed by atoms with Gasteiger partial charge in [0.2, 0.25) is 0 Å². The zero-order chi connectivity index (χ0) is 17.5.